The number of rotatable bonds is 2. The van der Waals surface area contributed by atoms with Crippen LogP contribution in [0.1, 0.15) is 24.0 Å². The quantitative estimate of drug-likeness (QED) is 0.602. The van der Waals surface area contributed by atoms with Crippen molar-refractivity contribution in [2.75, 3.05) is 18.4 Å². The number of likely N-dealkylation sites (tertiary alicyclic amines) is 1. The zero-order chi connectivity index (χ0) is 21.4. The summed E-state index contributed by atoms with van der Waals surface area (Å²) >= 11 is 3.38. The number of hydrogen-bond donors (Lipinski definition) is 2. The lowest BCUT2D eigenvalue weighted by atomic mass is 9.90. The monoisotopic (exact) mass is 481 g/mol. The van der Waals surface area contributed by atoms with Crippen LogP contribution in [0, 0.1) is 0 Å². The lowest BCUT2D eigenvalue weighted by Gasteiger charge is -2.36. The SMILES string of the molecule is O=C(Nc1cccc(Br)c1)N1CCC2(C=C(c3ccc(C(F)(F)F)cc3)NO2)CC1. The smallest absolute Gasteiger partial charge is 0.324 e. The summed E-state index contributed by atoms with van der Waals surface area (Å²) in [6, 6.07) is 12.1. The van der Waals surface area contributed by atoms with Crippen LogP contribution in [0.5, 0.6) is 0 Å². The maximum absolute atomic E-state index is 12.7. The van der Waals surface area contributed by atoms with Crippen LogP contribution in [-0.4, -0.2) is 29.6 Å². The van der Waals surface area contributed by atoms with E-state index in [4.69, 9.17) is 4.84 Å². The molecule has 158 valence electrons. The van der Waals surface area contributed by atoms with Crippen LogP contribution in [0.15, 0.2) is 59.1 Å². The fraction of sp³-hybridized carbons (Fsp3) is 0.286. The normalized spacial score (nSPS) is 18.1. The number of benzene rings is 2. The first-order chi connectivity index (χ1) is 14.2. The number of carbonyl (C=O) groups is 1. The molecule has 0 radical (unpaired) electrons. The van der Waals surface area contributed by atoms with E-state index in [1.807, 2.05) is 30.3 Å². The largest absolute Gasteiger partial charge is 0.416 e. The third-order valence-electron chi connectivity index (χ3n) is 5.27. The Labute approximate surface area is 180 Å². The molecule has 0 aliphatic carbocycles. The average molecular weight is 482 g/mol. The zero-order valence-electron chi connectivity index (χ0n) is 15.8. The molecule has 4 rings (SSSR count). The molecule has 2 N–H and O–H groups in total. The molecule has 0 unspecified atom stereocenters. The molecule has 0 atom stereocenters. The fourth-order valence-corrected chi connectivity index (χ4v) is 3.96. The van der Waals surface area contributed by atoms with Crippen molar-refractivity contribution in [1.29, 1.82) is 0 Å². The highest BCUT2D eigenvalue weighted by atomic mass is 79.9. The van der Waals surface area contributed by atoms with Gasteiger partial charge in [0.05, 0.1) is 11.3 Å². The summed E-state index contributed by atoms with van der Waals surface area (Å²) in [5.41, 5.74) is 3.53. The predicted octanol–water partition coefficient (Wildman–Crippen LogP) is 5.41. The Morgan fingerprint density at radius 1 is 1.13 bits per heavy atom. The summed E-state index contributed by atoms with van der Waals surface area (Å²) in [5, 5.41) is 2.88. The van der Waals surface area contributed by atoms with Crippen LogP contribution in [0.25, 0.3) is 5.70 Å². The first kappa shape index (κ1) is 20.7. The van der Waals surface area contributed by atoms with E-state index in [9.17, 15) is 18.0 Å². The number of hydrogen-bond acceptors (Lipinski definition) is 3. The summed E-state index contributed by atoms with van der Waals surface area (Å²) < 4.78 is 39.1. The molecule has 30 heavy (non-hydrogen) atoms. The fourth-order valence-electron chi connectivity index (χ4n) is 3.56. The standard InChI is InChI=1S/C21H19BrF3N3O2/c22-16-2-1-3-17(12-16)26-19(29)28-10-8-20(9-11-28)13-18(27-30-20)14-4-6-15(7-5-14)21(23,24)25/h1-7,12-13,27H,8-11H2,(H,26,29). The van der Waals surface area contributed by atoms with Gasteiger partial charge in [-0.2, -0.15) is 13.2 Å². The third-order valence-corrected chi connectivity index (χ3v) is 5.76. The van der Waals surface area contributed by atoms with Gasteiger partial charge in [0, 0.05) is 36.1 Å². The number of piperidine rings is 1. The molecule has 0 bridgehead atoms. The molecule has 5 nitrogen and oxygen atoms in total. The molecule has 2 aliphatic rings. The van der Waals surface area contributed by atoms with E-state index >= 15 is 0 Å². The highest BCUT2D eigenvalue weighted by Gasteiger charge is 2.40. The van der Waals surface area contributed by atoms with E-state index in [1.54, 1.807) is 4.90 Å². The van der Waals surface area contributed by atoms with Crippen molar-refractivity contribution >= 4 is 33.3 Å². The van der Waals surface area contributed by atoms with Crippen LogP contribution >= 0.6 is 15.9 Å². The van der Waals surface area contributed by atoms with Gasteiger partial charge >= 0.3 is 12.2 Å². The molecule has 9 heteroatoms. The lowest BCUT2D eigenvalue weighted by molar-refractivity contribution is -0.137. The Hall–Kier alpha value is -2.52. The number of halogens is 4. The molecule has 2 aromatic rings. The van der Waals surface area contributed by atoms with Crippen LogP contribution in [0.4, 0.5) is 23.7 Å². The Kier molecular flexibility index (Phi) is 5.50. The van der Waals surface area contributed by atoms with E-state index in [2.05, 4.69) is 26.7 Å². The number of nitrogens with zero attached hydrogens (tertiary/aromatic N) is 1. The second-order valence-electron chi connectivity index (χ2n) is 7.33. The molecule has 1 fully saturated rings. The molecule has 2 amide bonds. The van der Waals surface area contributed by atoms with Crippen molar-refractivity contribution < 1.29 is 22.8 Å². The van der Waals surface area contributed by atoms with Crippen molar-refractivity contribution in [3.63, 3.8) is 0 Å². The van der Waals surface area contributed by atoms with Gasteiger partial charge in [-0.3, -0.25) is 10.3 Å². The molecule has 0 aromatic heterocycles. The lowest BCUT2D eigenvalue weighted by Crippen LogP contribution is -2.48. The molecule has 1 spiro atoms. The molecular weight excluding hydrogens is 463 g/mol. The van der Waals surface area contributed by atoms with Gasteiger partial charge in [-0.25, -0.2) is 4.79 Å². The summed E-state index contributed by atoms with van der Waals surface area (Å²) in [7, 11) is 0. The number of nitrogens with one attached hydrogen (secondary N) is 2. The Balaban J connectivity index is 1.38. The van der Waals surface area contributed by atoms with Gasteiger partial charge < -0.3 is 10.2 Å². The van der Waals surface area contributed by atoms with Crippen LogP contribution < -0.4 is 10.8 Å². The van der Waals surface area contributed by atoms with E-state index in [0.717, 1.165) is 16.6 Å². The Morgan fingerprint density at radius 3 is 2.47 bits per heavy atom. The summed E-state index contributed by atoms with van der Waals surface area (Å²) in [4.78, 5) is 20.0. The topological polar surface area (TPSA) is 53.6 Å². The maximum atomic E-state index is 12.7. The predicted molar refractivity (Wildman–Crippen MR) is 110 cm³/mol. The van der Waals surface area contributed by atoms with Crippen LogP contribution in [0.2, 0.25) is 0 Å². The van der Waals surface area contributed by atoms with E-state index < -0.39 is 17.3 Å². The van der Waals surface area contributed by atoms with E-state index in [-0.39, 0.29) is 6.03 Å². The molecule has 1 saturated heterocycles. The van der Waals surface area contributed by atoms with E-state index in [0.29, 0.717) is 42.9 Å². The minimum atomic E-state index is -4.36. The van der Waals surface area contributed by atoms with Crippen LogP contribution in [-0.2, 0) is 11.0 Å². The van der Waals surface area contributed by atoms with Crippen molar-refractivity contribution in [2.45, 2.75) is 24.6 Å². The van der Waals surface area contributed by atoms with Crippen molar-refractivity contribution in [2.24, 2.45) is 0 Å². The maximum Gasteiger partial charge on any atom is 0.416 e. The minimum Gasteiger partial charge on any atom is -0.324 e. The first-order valence-corrected chi connectivity index (χ1v) is 10.2. The minimum absolute atomic E-state index is 0.180. The van der Waals surface area contributed by atoms with Gasteiger partial charge in [0.2, 0.25) is 0 Å². The first-order valence-electron chi connectivity index (χ1n) is 9.40. The second kappa shape index (κ2) is 7.96. The summed E-state index contributed by atoms with van der Waals surface area (Å²) in [5.74, 6) is 0. The van der Waals surface area contributed by atoms with Crippen molar-refractivity contribution in [1.82, 2.24) is 10.4 Å². The molecule has 2 heterocycles. The van der Waals surface area contributed by atoms with Gasteiger partial charge in [0.1, 0.15) is 5.60 Å². The molecule has 2 aromatic carbocycles. The van der Waals surface area contributed by atoms with Gasteiger partial charge in [-0.15, -0.1) is 0 Å². The summed E-state index contributed by atoms with van der Waals surface area (Å²) in [6.07, 6.45) is -1.30. The number of hydroxylamine groups is 1. The van der Waals surface area contributed by atoms with Crippen LogP contribution in [0.3, 0.4) is 0 Å². The number of amides is 2. The number of urea groups is 1. The van der Waals surface area contributed by atoms with Crippen molar-refractivity contribution in [3.05, 3.63) is 70.2 Å². The van der Waals surface area contributed by atoms with Crippen molar-refractivity contribution in [3.8, 4) is 0 Å². The van der Waals surface area contributed by atoms with Gasteiger partial charge in [-0.1, -0.05) is 34.1 Å². The van der Waals surface area contributed by atoms with E-state index in [1.165, 1.54) is 12.1 Å². The number of carbonyl (C=O) groups excluding carboxylic acids is 1. The highest BCUT2D eigenvalue weighted by molar-refractivity contribution is 9.10. The average Bonchev–Trinajstić information content (AvgIpc) is 3.11. The third kappa shape index (κ3) is 4.46. The Bertz CT molecular complexity index is 968. The highest BCUT2D eigenvalue weighted by Crippen LogP contribution is 2.36. The Morgan fingerprint density at radius 2 is 1.83 bits per heavy atom. The molecular formula is C21H19BrF3N3O2. The van der Waals surface area contributed by atoms with Gasteiger partial charge in [-0.05, 0) is 42.0 Å². The second-order valence-corrected chi connectivity index (χ2v) is 8.25. The van der Waals surface area contributed by atoms with Gasteiger partial charge in [0.15, 0.2) is 0 Å². The summed E-state index contributed by atoms with van der Waals surface area (Å²) in [6.45, 7) is 0.997. The molecule has 0 saturated carbocycles. The molecule has 2 aliphatic heterocycles. The number of anilines is 1. The van der Waals surface area contributed by atoms with Gasteiger partial charge in [0.25, 0.3) is 0 Å². The number of alkyl halides is 3. The zero-order valence-corrected chi connectivity index (χ0v) is 17.4.